The van der Waals surface area contributed by atoms with Crippen molar-refractivity contribution in [1.82, 2.24) is 0 Å². The quantitative estimate of drug-likeness (QED) is 0.799. The molecule has 0 aliphatic rings. The lowest BCUT2D eigenvalue weighted by Crippen LogP contribution is -2.22. The Labute approximate surface area is 158 Å². The lowest BCUT2D eigenvalue weighted by atomic mass is 9.98. The van der Waals surface area contributed by atoms with Crippen LogP contribution >= 0.6 is 11.6 Å². The smallest absolute Gasteiger partial charge is 0.262 e. The standard InChI is InChI=1S/C20H21ClN2O3/c1-12(2)15-7-5-6-13(3)19(15)23-18(24)11-26-20-16(21)8-14(10-22)9-17(20)25-4/h5-9,12H,11H2,1-4H3,(H,23,24). The van der Waals surface area contributed by atoms with Crippen LogP contribution in [0.15, 0.2) is 30.3 Å². The second-order valence-electron chi connectivity index (χ2n) is 6.13. The van der Waals surface area contributed by atoms with Gasteiger partial charge in [-0.05, 0) is 30.0 Å². The first kappa shape index (κ1) is 19.6. The molecule has 0 saturated heterocycles. The number of para-hydroxylation sites is 1. The van der Waals surface area contributed by atoms with E-state index in [2.05, 4.69) is 19.2 Å². The summed E-state index contributed by atoms with van der Waals surface area (Å²) in [6.07, 6.45) is 0. The number of ether oxygens (including phenoxy) is 2. The average molecular weight is 373 g/mol. The Bertz CT molecular complexity index is 857. The number of carbonyl (C=O) groups is 1. The van der Waals surface area contributed by atoms with E-state index in [1.54, 1.807) is 0 Å². The van der Waals surface area contributed by atoms with Crippen molar-refractivity contribution in [2.75, 3.05) is 19.0 Å². The molecule has 136 valence electrons. The van der Waals surface area contributed by atoms with Crippen LogP contribution in [0.1, 0.15) is 36.5 Å². The molecule has 0 aliphatic heterocycles. The van der Waals surface area contributed by atoms with Crippen molar-refractivity contribution in [3.8, 4) is 17.6 Å². The molecule has 0 radical (unpaired) electrons. The molecule has 2 aromatic carbocycles. The number of nitrogens with zero attached hydrogens (tertiary/aromatic N) is 1. The number of carbonyl (C=O) groups excluding carboxylic acids is 1. The van der Waals surface area contributed by atoms with Gasteiger partial charge in [0.05, 0.1) is 23.8 Å². The van der Waals surface area contributed by atoms with E-state index in [9.17, 15) is 4.79 Å². The molecule has 5 nitrogen and oxygen atoms in total. The number of nitriles is 1. The summed E-state index contributed by atoms with van der Waals surface area (Å²) in [4.78, 5) is 12.4. The number of amides is 1. The van der Waals surface area contributed by atoms with Crippen LogP contribution < -0.4 is 14.8 Å². The maximum Gasteiger partial charge on any atom is 0.262 e. The van der Waals surface area contributed by atoms with Crippen LogP contribution in [-0.4, -0.2) is 19.6 Å². The Morgan fingerprint density at radius 3 is 2.69 bits per heavy atom. The van der Waals surface area contributed by atoms with Gasteiger partial charge < -0.3 is 14.8 Å². The zero-order valence-electron chi connectivity index (χ0n) is 15.2. The number of rotatable bonds is 6. The highest BCUT2D eigenvalue weighted by atomic mass is 35.5. The highest BCUT2D eigenvalue weighted by Crippen LogP contribution is 2.36. The summed E-state index contributed by atoms with van der Waals surface area (Å²) >= 11 is 6.14. The zero-order valence-corrected chi connectivity index (χ0v) is 16.0. The van der Waals surface area contributed by atoms with Gasteiger partial charge in [-0.3, -0.25) is 4.79 Å². The second kappa shape index (κ2) is 8.59. The number of aryl methyl sites for hydroxylation is 1. The summed E-state index contributed by atoms with van der Waals surface area (Å²) in [6, 6.07) is 10.9. The second-order valence-corrected chi connectivity index (χ2v) is 6.54. The lowest BCUT2D eigenvalue weighted by molar-refractivity contribution is -0.118. The van der Waals surface area contributed by atoms with E-state index in [0.717, 1.165) is 16.8 Å². The summed E-state index contributed by atoms with van der Waals surface area (Å²) in [6.45, 7) is 5.86. The number of benzene rings is 2. The average Bonchev–Trinajstić information content (AvgIpc) is 2.61. The lowest BCUT2D eigenvalue weighted by Gasteiger charge is -2.17. The van der Waals surface area contributed by atoms with E-state index in [-0.39, 0.29) is 29.2 Å². The fraction of sp³-hybridized carbons (Fsp3) is 0.300. The van der Waals surface area contributed by atoms with Crippen molar-refractivity contribution in [1.29, 1.82) is 5.26 Å². The van der Waals surface area contributed by atoms with Crippen molar-refractivity contribution in [2.24, 2.45) is 0 Å². The molecular formula is C20H21ClN2O3. The summed E-state index contributed by atoms with van der Waals surface area (Å²) in [7, 11) is 1.45. The maximum absolute atomic E-state index is 12.4. The molecule has 0 bridgehead atoms. The molecule has 0 heterocycles. The molecule has 0 saturated carbocycles. The van der Waals surface area contributed by atoms with E-state index in [1.165, 1.54) is 19.2 Å². The molecule has 2 aromatic rings. The van der Waals surface area contributed by atoms with Crippen molar-refractivity contribution in [3.05, 3.63) is 52.0 Å². The normalized spacial score (nSPS) is 10.3. The number of nitrogens with one attached hydrogen (secondary N) is 1. The van der Waals surface area contributed by atoms with Crippen molar-refractivity contribution in [3.63, 3.8) is 0 Å². The molecule has 0 aromatic heterocycles. The van der Waals surface area contributed by atoms with E-state index in [0.29, 0.717) is 11.3 Å². The van der Waals surface area contributed by atoms with E-state index < -0.39 is 0 Å². The largest absolute Gasteiger partial charge is 0.493 e. The Kier molecular flexibility index (Phi) is 6.48. The maximum atomic E-state index is 12.4. The van der Waals surface area contributed by atoms with Crippen LogP contribution in [0.4, 0.5) is 5.69 Å². The van der Waals surface area contributed by atoms with Gasteiger partial charge in [0.25, 0.3) is 5.91 Å². The summed E-state index contributed by atoms with van der Waals surface area (Å²) in [5.74, 6) is 0.514. The summed E-state index contributed by atoms with van der Waals surface area (Å²) in [5, 5.41) is 12.1. The van der Waals surface area contributed by atoms with E-state index in [4.69, 9.17) is 26.3 Å². The minimum atomic E-state index is -0.302. The molecular weight excluding hydrogens is 352 g/mol. The minimum Gasteiger partial charge on any atom is -0.493 e. The minimum absolute atomic E-state index is 0.215. The number of hydrogen-bond donors (Lipinski definition) is 1. The van der Waals surface area contributed by atoms with Crippen LogP contribution in [0.3, 0.4) is 0 Å². The molecule has 0 spiro atoms. The Morgan fingerprint density at radius 2 is 2.08 bits per heavy atom. The fourth-order valence-electron chi connectivity index (χ4n) is 2.58. The monoisotopic (exact) mass is 372 g/mol. The van der Waals surface area contributed by atoms with Crippen LogP contribution in [0.2, 0.25) is 5.02 Å². The first-order chi connectivity index (χ1) is 12.4. The first-order valence-electron chi connectivity index (χ1n) is 8.17. The number of hydrogen-bond acceptors (Lipinski definition) is 4. The fourth-order valence-corrected chi connectivity index (χ4v) is 2.85. The van der Waals surface area contributed by atoms with Gasteiger partial charge in [0.2, 0.25) is 0 Å². The highest BCUT2D eigenvalue weighted by molar-refractivity contribution is 6.32. The van der Waals surface area contributed by atoms with E-state index in [1.807, 2.05) is 31.2 Å². The molecule has 2 rings (SSSR count). The molecule has 1 amide bonds. The van der Waals surface area contributed by atoms with Crippen molar-refractivity contribution < 1.29 is 14.3 Å². The number of methoxy groups -OCH3 is 1. The zero-order chi connectivity index (χ0) is 19.3. The predicted molar refractivity (Wildman–Crippen MR) is 102 cm³/mol. The molecule has 6 heteroatoms. The van der Waals surface area contributed by atoms with Crippen LogP contribution in [0.25, 0.3) is 0 Å². The highest BCUT2D eigenvalue weighted by Gasteiger charge is 2.16. The van der Waals surface area contributed by atoms with Crippen LogP contribution in [0.5, 0.6) is 11.5 Å². The Balaban J connectivity index is 2.15. The first-order valence-corrected chi connectivity index (χ1v) is 8.55. The molecule has 0 aliphatic carbocycles. The third-order valence-corrected chi connectivity index (χ3v) is 4.18. The Hall–Kier alpha value is -2.71. The van der Waals surface area contributed by atoms with Gasteiger partial charge >= 0.3 is 0 Å². The van der Waals surface area contributed by atoms with Gasteiger partial charge in [-0.15, -0.1) is 0 Å². The van der Waals surface area contributed by atoms with Crippen molar-refractivity contribution >= 4 is 23.2 Å². The third-order valence-electron chi connectivity index (χ3n) is 3.90. The molecule has 0 fully saturated rings. The molecule has 26 heavy (non-hydrogen) atoms. The van der Waals surface area contributed by atoms with Gasteiger partial charge in [0, 0.05) is 11.8 Å². The third kappa shape index (κ3) is 4.47. The number of halogens is 1. The Morgan fingerprint density at radius 1 is 1.35 bits per heavy atom. The SMILES string of the molecule is COc1cc(C#N)cc(Cl)c1OCC(=O)Nc1c(C)cccc1C(C)C. The van der Waals surface area contributed by atoms with Crippen molar-refractivity contribution in [2.45, 2.75) is 26.7 Å². The van der Waals surface area contributed by atoms with Crippen LogP contribution in [-0.2, 0) is 4.79 Å². The topological polar surface area (TPSA) is 71.3 Å². The number of anilines is 1. The predicted octanol–water partition coefficient (Wildman–Crippen LogP) is 4.67. The molecule has 0 atom stereocenters. The van der Waals surface area contributed by atoms with Gasteiger partial charge in [-0.1, -0.05) is 43.6 Å². The van der Waals surface area contributed by atoms with Gasteiger partial charge in [-0.2, -0.15) is 5.26 Å². The van der Waals surface area contributed by atoms with Gasteiger partial charge in [-0.25, -0.2) is 0 Å². The molecule has 1 N–H and O–H groups in total. The van der Waals surface area contributed by atoms with E-state index >= 15 is 0 Å². The molecule has 0 unspecified atom stereocenters. The summed E-state index contributed by atoms with van der Waals surface area (Å²) < 4.78 is 10.8. The van der Waals surface area contributed by atoms with Gasteiger partial charge in [0.15, 0.2) is 18.1 Å². The summed E-state index contributed by atoms with van der Waals surface area (Å²) in [5.41, 5.74) is 3.20. The van der Waals surface area contributed by atoms with Gasteiger partial charge in [0.1, 0.15) is 0 Å². The van der Waals surface area contributed by atoms with Crippen LogP contribution in [0, 0.1) is 18.3 Å².